The second-order valence-corrected chi connectivity index (χ2v) is 5.74. The van der Waals surface area contributed by atoms with Crippen LogP contribution >= 0.6 is 0 Å². The first-order valence-corrected chi connectivity index (χ1v) is 5.59. The molecule has 0 bridgehead atoms. The van der Waals surface area contributed by atoms with Crippen molar-refractivity contribution >= 4 is 6.47 Å². The molecule has 1 aliphatic heterocycles. The van der Waals surface area contributed by atoms with Crippen molar-refractivity contribution < 1.29 is 9.53 Å². The highest BCUT2D eigenvalue weighted by atomic mass is 16.5. The lowest BCUT2D eigenvalue weighted by atomic mass is 9.83. The Morgan fingerprint density at radius 1 is 1.20 bits per heavy atom. The van der Waals surface area contributed by atoms with E-state index in [4.69, 9.17) is 0 Å². The summed E-state index contributed by atoms with van der Waals surface area (Å²) in [5, 5.41) is 3.34. The predicted octanol–water partition coefficient (Wildman–Crippen LogP) is 2.35. The van der Waals surface area contributed by atoms with E-state index in [1.807, 2.05) is 20.8 Å². The largest absolute Gasteiger partial charge is 0.462 e. The topological polar surface area (TPSA) is 38.3 Å². The maximum Gasteiger partial charge on any atom is 0.293 e. The monoisotopic (exact) mass is 215 g/mol. The lowest BCUT2D eigenvalue weighted by molar-refractivity contribution is -0.138. The first-order chi connectivity index (χ1) is 6.77. The molecule has 1 fully saturated rings. The summed E-state index contributed by atoms with van der Waals surface area (Å²) in [6.45, 7) is 13.0. The summed E-state index contributed by atoms with van der Waals surface area (Å²) >= 11 is 0. The minimum Gasteiger partial charge on any atom is -0.462 e. The highest BCUT2D eigenvalue weighted by molar-refractivity contribution is 5.37. The lowest BCUT2D eigenvalue weighted by Crippen LogP contribution is -2.32. The van der Waals surface area contributed by atoms with Gasteiger partial charge in [0, 0.05) is 0 Å². The highest BCUT2D eigenvalue weighted by Gasteiger charge is 2.19. The average molecular weight is 215 g/mol. The fraction of sp³-hybridized carbons (Fsp3) is 0.917. The van der Waals surface area contributed by atoms with Crippen LogP contribution in [0.15, 0.2) is 0 Å². The Morgan fingerprint density at radius 2 is 1.67 bits per heavy atom. The van der Waals surface area contributed by atoms with E-state index in [9.17, 15) is 4.79 Å². The maximum atomic E-state index is 9.60. The standard InChI is InChI=1S/C7H15N.C5H10O2/c1-7(2)3-5-8-6-4-7;1-5(2,3)7-4-6/h8H,3-6H2,1-2H3;4H,1-3H3. The number of carbonyl (C=O) groups is 1. The number of nitrogens with one attached hydrogen (secondary N) is 1. The molecule has 1 heterocycles. The van der Waals surface area contributed by atoms with Crippen LogP contribution in [0.3, 0.4) is 0 Å². The van der Waals surface area contributed by atoms with Crippen molar-refractivity contribution in [2.24, 2.45) is 5.41 Å². The number of piperidine rings is 1. The summed E-state index contributed by atoms with van der Waals surface area (Å²) in [4.78, 5) is 9.60. The Hall–Kier alpha value is -0.570. The van der Waals surface area contributed by atoms with E-state index in [1.54, 1.807) is 0 Å². The Balaban J connectivity index is 0.000000265. The molecule has 15 heavy (non-hydrogen) atoms. The zero-order chi connectivity index (χ0) is 11.9. The summed E-state index contributed by atoms with van der Waals surface area (Å²) in [5.74, 6) is 0. The summed E-state index contributed by atoms with van der Waals surface area (Å²) < 4.78 is 4.55. The molecule has 0 atom stereocenters. The first-order valence-electron chi connectivity index (χ1n) is 5.59. The van der Waals surface area contributed by atoms with Gasteiger partial charge in [0.1, 0.15) is 5.60 Å². The molecule has 0 aliphatic carbocycles. The third-order valence-electron chi connectivity index (χ3n) is 2.36. The van der Waals surface area contributed by atoms with Crippen molar-refractivity contribution in [2.75, 3.05) is 13.1 Å². The molecule has 0 saturated carbocycles. The SMILES string of the molecule is CC(C)(C)OC=O.CC1(C)CCNCC1. The summed E-state index contributed by atoms with van der Waals surface area (Å²) in [6.07, 6.45) is 2.68. The zero-order valence-corrected chi connectivity index (χ0v) is 10.7. The van der Waals surface area contributed by atoms with E-state index in [1.165, 1.54) is 25.9 Å². The Morgan fingerprint density at radius 3 is 1.80 bits per heavy atom. The van der Waals surface area contributed by atoms with E-state index in [-0.39, 0.29) is 5.60 Å². The molecule has 0 aromatic rings. The van der Waals surface area contributed by atoms with Gasteiger partial charge in [-0.25, -0.2) is 0 Å². The second kappa shape index (κ2) is 6.11. The van der Waals surface area contributed by atoms with Gasteiger partial charge in [-0.2, -0.15) is 0 Å². The van der Waals surface area contributed by atoms with Crippen LogP contribution in [0.25, 0.3) is 0 Å². The molecule has 0 spiro atoms. The van der Waals surface area contributed by atoms with Crippen LogP contribution < -0.4 is 5.32 Å². The maximum absolute atomic E-state index is 9.60. The van der Waals surface area contributed by atoms with Crippen molar-refractivity contribution in [1.82, 2.24) is 5.32 Å². The zero-order valence-electron chi connectivity index (χ0n) is 10.7. The molecule has 1 saturated heterocycles. The molecular weight excluding hydrogens is 190 g/mol. The number of ether oxygens (including phenoxy) is 1. The fourth-order valence-electron chi connectivity index (χ4n) is 1.25. The van der Waals surface area contributed by atoms with Crippen LogP contribution in [0.2, 0.25) is 0 Å². The molecule has 0 aromatic carbocycles. The Kier molecular flexibility index (Phi) is 5.88. The quantitative estimate of drug-likeness (QED) is 0.682. The third-order valence-corrected chi connectivity index (χ3v) is 2.36. The van der Waals surface area contributed by atoms with E-state index in [0.717, 1.165) is 0 Å². The molecule has 0 amide bonds. The van der Waals surface area contributed by atoms with E-state index >= 15 is 0 Å². The Labute approximate surface area is 93.6 Å². The fourth-order valence-corrected chi connectivity index (χ4v) is 1.25. The van der Waals surface area contributed by atoms with Gasteiger partial charge in [0.05, 0.1) is 0 Å². The molecule has 1 aliphatic rings. The Bertz CT molecular complexity index is 175. The third kappa shape index (κ3) is 9.73. The van der Waals surface area contributed by atoms with Crippen molar-refractivity contribution in [3.05, 3.63) is 0 Å². The van der Waals surface area contributed by atoms with E-state index < -0.39 is 0 Å². The van der Waals surface area contributed by atoms with Crippen LogP contribution in [-0.4, -0.2) is 25.2 Å². The minimum absolute atomic E-state index is 0.318. The van der Waals surface area contributed by atoms with Crippen LogP contribution in [0, 0.1) is 5.41 Å². The molecule has 3 nitrogen and oxygen atoms in total. The van der Waals surface area contributed by atoms with Gasteiger partial charge in [0.2, 0.25) is 0 Å². The predicted molar refractivity (Wildman–Crippen MR) is 62.8 cm³/mol. The van der Waals surface area contributed by atoms with Crippen molar-refractivity contribution in [3.8, 4) is 0 Å². The molecule has 1 N–H and O–H groups in total. The number of hydrogen-bond donors (Lipinski definition) is 1. The van der Waals surface area contributed by atoms with Gasteiger partial charge >= 0.3 is 0 Å². The molecule has 0 unspecified atom stereocenters. The van der Waals surface area contributed by atoms with Gasteiger partial charge in [-0.05, 0) is 52.1 Å². The molecular formula is C12H25NO2. The van der Waals surface area contributed by atoms with Crippen molar-refractivity contribution in [3.63, 3.8) is 0 Å². The summed E-state index contributed by atoms with van der Waals surface area (Å²) in [5.41, 5.74) is 0.299. The van der Waals surface area contributed by atoms with Gasteiger partial charge in [-0.1, -0.05) is 13.8 Å². The van der Waals surface area contributed by atoms with Crippen LogP contribution in [0.5, 0.6) is 0 Å². The van der Waals surface area contributed by atoms with Gasteiger partial charge in [0.25, 0.3) is 6.47 Å². The van der Waals surface area contributed by atoms with Crippen molar-refractivity contribution in [2.45, 2.75) is 53.1 Å². The van der Waals surface area contributed by atoms with Crippen molar-refractivity contribution in [1.29, 1.82) is 0 Å². The first kappa shape index (κ1) is 14.4. The van der Waals surface area contributed by atoms with Gasteiger partial charge in [-0.15, -0.1) is 0 Å². The van der Waals surface area contributed by atoms with Crippen LogP contribution in [0.1, 0.15) is 47.5 Å². The summed E-state index contributed by atoms with van der Waals surface area (Å²) in [6, 6.07) is 0. The van der Waals surface area contributed by atoms with Crippen LogP contribution in [0.4, 0.5) is 0 Å². The number of rotatable bonds is 1. The summed E-state index contributed by atoms with van der Waals surface area (Å²) in [7, 11) is 0. The smallest absolute Gasteiger partial charge is 0.293 e. The normalized spacial score (nSPS) is 19.8. The molecule has 90 valence electrons. The molecule has 1 rings (SSSR count). The second-order valence-electron chi connectivity index (χ2n) is 5.74. The van der Waals surface area contributed by atoms with Gasteiger partial charge in [0.15, 0.2) is 0 Å². The van der Waals surface area contributed by atoms with E-state index in [2.05, 4.69) is 23.9 Å². The number of hydrogen-bond acceptors (Lipinski definition) is 3. The van der Waals surface area contributed by atoms with Gasteiger partial charge in [-0.3, -0.25) is 4.79 Å². The molecule has 0 radical (unpaired) electrons. The van der Waals surface area contributed by atoms with Crippen LogP contribution in [-0.2, 0) is 9.53 Å². The van der Waals surface area contributed by atoms with Gasteiger partial charge < -0.3 is 10.1 Å². The minimum atomic E-state index is -0.318. The lowest BCUT2D eigenvalue weighted by Gasteiger charge is -2.29. The number of carbonyl (C=O) groups excluding carboxylic acids is 1. The average Bonchev–Trinajstić information content (AvgIpc) is 2.02. The van der Waals surface area contributed by atoms with E-state index in [0.29, 0.717) is 11.9 Å². The highest BCUT2D eigenvalue weighted by Crippen LogP contribution is 2.25. The molecule has 3 heteroatoms. The molecule has 0 aromatic heterocycles.